The Balaban J connectivity index is 1.88. The molecule has 0 saturated carbocycles. The SMILES string of the molecule is Fc1ccc(CNC2CCCOC2)c(F)c1. The Kier molecular flexibility index (Phi) is 3.85. The van der Waals surface area contributed by atoms with Crippen molar-refractivity contribution in [1.82, 2.24) is 5.32 Å². The highest BCUT2D eigenvalue weighted by molar-refractivity contribution is 5.18. The molecule has 0 bridgehead atoms. The van der Waals surface area contributed by atoms with Crippen LogP contribution in [-0.2, 0) is 11.3 Å². The van der Waals surface area contributed by atoms with Crippen LogP contribution in [0.4, 0.5) is 8.78 Å². The molecular formula is C12H15F2NO. The molecule has 1 fully saturated rings. The van der Waals surface area contributed by atoms with Crippen molar-refractivity contribution in [2.24, 2.45) is 0 Å². The summed E-state index contributed by atoms with van der Waals surface area (Å²) in [6.07, 6.45) is 2.08. The Morgan fingerprint density at radius 3 is 2.94 bits per heavy atom. The fourth-order valence-electron chi connectivity index (χ4n) is 1.82. The minimum absolute atomic E-state index is 0.276. The quantitative estimate of drug-likeness (QED) is 0.855. The predicted octanol–water partition coefficient (Wildman–Crippen LogP) is 2.23. The van der Waals surface area contributed by atoms with Gasteiger partial charge in [0, 0.05) is 30.8 Å². The van der Waals surface area contributed by atoms with E-state index in [4.69, 9.17) is 4.74 Å². The van der Waals surface area contributed by atoms with E-state index in [0.29, 0.717) is 18.7 Å². The van der Waals surface area contributed by atoms with Gasteiger partial charge in [-0.1, -0.05) is 6.07 Å². The second-order valence-electron chi connectivity index (χ2n) is 4.03. The summed E-state index contributed by atoms with van der Waals surface area (Å²) in [7, 11) is 0. The lowest BCUT2D eigenvalue weighted by Gasteiger charge is -2.23. The van der Waals surface area contributed by atoms with E-state index < -0.39 is 11.6 Å². The summed E-state index contributed by atoms with van der Waals surface area (Å²) < 4.78 is 31.3. The van der Waals surface area contributed by atoms with E-state index in [1.807, 2.05) is 0 Å². The van der Waals surface area contributed by atoms with Gasteiger partial charge < -0.3 is 10.1 Å². The molecule has 88 valence electrons. The molecule has 2 rings (SSSR count). The molecule has 1 unspecified atom stereocenters. The topological polar surface area (TPSA) is 21.3 Å². The van der Waals surface area contributed by atoms with Crippen LogP contribution in [0.5, 0.6) is 0 Å². The lowest BCUT2D eigenvalue weighted by Crippen LogP contribution is -2.36. The summed E-state index contributed by atoms with van der Waals surface area (Å²) >= 11 is 0. The van der Waals surface area contributed by atoms with Crippen molar-refractivity contribution in [3.05, 3.63) is 35.4 Å². The summed E-state index contributed by atoms with van der Waals surface area (Å²) in [5.41, 5.74) is 0.493. The zero-order chi connectivity index (χ0) is 11.4. The van der Waals surface area contributed by atoms with Crippen LogP contribution in [0.15, 0.2) is 18.2 Å². The number of halogens is 2. The minimum atomic E-state index is -0.540. The highest BCUT2D eigenvalue weighted by atomic mass is 19.1. The summed E-state index contributed by atoms with van der Waals surface area (Å²) in [4.78, 5) is 0. The monoisotopic (exact) mass is 227 g/mol. The third-order valence-electron chi connectivity index (χ3n) is 2.76. The second-order valence-corrected chi connectivity index (χ2v) is 4.03. The average molecular weight is 227 g/mol. The lowest BCUT2D eigenvalue weighted by atomic mass is 10.1. The summed E-state index contributed by atoms with van der Waals surface area (Å²) in [5.74, 6) is -1.04. The first-order chi connectivity index (χ1) is 7.75. The number of nitrogens with one attached hydrogen (secondary N) is 1. The van der Waals surface area contributed by atoms with Crippen LogP contribution in [0, 0.1) is 11.6 Å². The van der Waals surface area contributed by atoms with Crippen molar-refractivity contribution < 1.29 is 13.5 Å². The van der Waals surface area contributed by atoms with Crippen molar-refractivity contribution in [1.29, 1.82) is 0 Å². The molecule has 0 aliphatic carbocycles. The first kappa shape index (κ1) is 11.5. The van der Waals surface area contributed by atoms with Gasteiger partial charge in [-0.3, -0.25) is 0 Å². The molecule has 1 heterocycles. The van der Waals surface area contributed by atoms with Gasteiger partial charge in [-0.05, 0) is 18.9 Å². The minimum Gasteiger partial charge on any atom is -0.380 e. The lowest BCUT2D eigenvalue weighted by molar-refractivity contribution is 0.0698. The fourth-order valence-corrected chi connectivity index (χ4v) is 1.82. The van der Waals surface area contributed by atoms with Gasteiger partial charge in [-0.15, -0.1) is 0 Å². The zero-order valence-corrected chi connectivity index (χ0v) is 9.01. The van der Waals surface area contributed by atoms with Gasteiger partial charge in [-0.2, -0.15) is 0 Å². The summed E-state index contributed by atoms with van der Waals surface area (Å²) in [5, 5.41) is 3.21. The van der Waals surface area contributed by atoms with Gasteiger partial charge in [-0.25, -0.2) is 8.78 Å². The molecule has 1 aliphatic heterocycles. The first-order valence-corrected chi connectivity index (χ1v) is 5.51. The number of rotatable bonds is 3. The Labute approximate surface area is 93.6 Å². The highest BCUT2D eigenvalue weighted by Crippen LogP contribution is 2.11. The number of benzene rings is 1. The van der Waals surface area contributed by atoms with Gasteiger partial charge in [0.15, 0.2) is 0 Å². The molecule has 0 radical (unpaired) electrons. The molecule has 0 amide bonds. The van der Waals surface area contributed by atoms with E-state index in [1.165, 1.54) is 12.1 Å². The van der Waals surface area contributed by atoms with E-state index >= 15 is 0 Å². The van der Waals surface area contributed by atoms with Crippen molar-refractivity contribution >= 4 is 0 Å². The van der Waals surface area contributed by atoms with E-state index in [2.05, 4.69) is 5.32 Å². The molecule has 0 spiro atoms. The average Bonchev–Trinajstić information content (AvgIpc) is 2.29. The zero-order valence-electron chi connectivity index (χ0n) is 9.01. The summed E-state index contributed by atoms with van der Waals surface area (Å²) in [6, 6.07) is 3.94. The number of hydrogen-bond acceptors (Lipinski definition) is 2. The molecule has 1 aliphatic rings. The Bertz CT molecular complexity index is 351. The highest BCUT2D eigenvalue weighted by Gasteiger charge is 2.13. The van der Waals surface area contributed by atoms with Crippen molar-refractivity contribution in [2.45, 2.75) is 25.4 Å². The fraction of sp³-hybridized carbons (Fsp3) is 0.500. The number of ether oxygens (including phenoxy) is 1. The van der Waals surface area contributed by atoms with Crippen LogP contribution in [0.2, 0.25) is 0 Å². The molecule has 2 nitrogen and oxygen atoms in total. The predicted molar refractivity (Wildman–Crippen MR) is 57.0 cm³/mol. The first-order valence-electron chi connectivity index (χ1n) is 5.51. The van der Waals surface area contributed by atoms with Crippen LogP contribution in [0.25, 0.3) is 0 Å². The van der Waals surface area contributed by atoms with Crippen molar-refractivity contribution in [3.63, 3.8) is 0 Å². The third kappa shape index (κ3) is 3.00. The van der Waals surface area contributed by atoms with Gasteiger partial charge in [0.05, 0.1) is 6.61 Å². The molecule has 4 heteroatoms. The molecular weight excluding hydrogens is 212 g/mol. The van der Waals surface area contributed by atoms with E-state index in [-0.39, 0.29) is 6.04 Å². The maximum Gasteiger partial charge on any atom is 0.130 e. The largest absolute Gasteiger partial charge is 0.380 e. The molecule has 1 saturated heterocycles. The van der Waals surface area contributed by atoms with Crippen molar-refractivity contribution in [2.75, 3.05) is 13.2 Å². The van der Waals surface area contributed by atoms with Crippen LogP contribution >= 0.6 is 0 Å². The molecule has 0 aromatic heterocycles. The standard InChI is InChI=1S/C12H15F2NO/c13-10-4-3-9(12(14)6-10)7-15-11-2-1-5-16-8-11/h3-4,6,11,15H,1-2,5,7-8H2. The van der Waals surface area contributed by atoms with Crippen LogP contribution < -0.4 is 5.32 Å². The molecule has 1 atom stereocenters. The molecule has 1 N–H and O–H groups in total. The van der Waals surface area contributed by atoms with Gasteiger partial charge in [0.25, 0.3) is 0 Å². The number of hydrogen-bond donors (Lipinski definition) is 1. The molecule has 1 aromatic rings. The van der Waals surface area contributed by atoms with Gasteiger partial charge in [0.2, 0.25) is 0 Å². The van der Waals surface area contributed by atoms with Crippen molar-refractivity contribution in [3.8, 4) is 0 Å². The van der Waals surface area contributed by atoms with Crippen LogP contribution in [0.1, 0.15) is 18.4 Å². The normalized spacial score (nSPS) is 21.0. The summed E-state index contributed by atoms with van der Waals surface area (Å²) in [6.45, 7) is 1.89. The van der Waals surface area contributed by atoms with E-state index in [1.54, 1.807) is 0 Å². The van der Waals surface area contributed by atoms with Gasteiger partial charge >= 0.3 is 0 Å². The maximum atomic E-state index is 13.3. The Morgan fingerprint density at radius 2 is 2.25 bits per heavy atom. The van der Waals surface area contributed by atoms with E-state index in [0.717, 1.165) is 25.5 Å². The molecule has 1 aromatic carbocycles. The van der Waals surface area contributed by atoms with Crippen LogP contribution in [0.3, 0.4) is 0 Å². The second kappa shape index (κ2) is 5.37. The third-order valence-corrected chi connectivity index (χ3v) is 2.76. The van der Waals surface area contributed by atoms with Crippen LogP contribution in [-0.4, -0.2) is 19.3 Å². The Morgan fingerprint density at radius 1 is 1.38 bits per heavy atom. The van der Waals surface area contributed by atoms with Gasteiger partial charge in [0.1, 0.15) is 11.6 Å². The smallest absolute Gasteiger partial charge is 0.130 e. The molecule has 16 heavy (non-hydrogen) atoms. The van der Waals surface area contributed by atoms with E-state index in [9.17, 15) is 8.78 Å². The Hall–Kier alpha value is -1.00. The maximum absolute atomic E-state index is 13.3.